The molecule has 0 N–H and O–H groups in total. The molecular weight excluding hydrogens is 168 g/mol. The van der Waals surface area contributed by atoms with Gasteiger partial charge in [0.15, 0.2) is 0 Å². The van der Waals surface area contributed by atoms with Gasteiger partial charge in [0.05, 0.1) is 18.0 Å². The van der Waals surface area contributed by atoms with Gasteiger partial charge in [0.1, 0.15) is 0 Å². The minimum Gasteiger partial charge on any atom is -0.382 e. The van der Waals surface area contributed by atoms with Crippen molar-refractivity contribution in [3.63, 3.8) is 0 Å². The fourth-order valence-corrected chi connectivity index (χ4v) is 1.00. The van der Waals surface area contributed by atoms with Crippen molar-refractivity contribution in [1.82, 2.24) is 0 Å². The smallest absolute Gasteiger partial charge is 0.0939 e. The standard InChI is InChI=1S/C6H12O2S2/c1-7-3-5(8-2)6(10)4-9/h5-6H,3-4H2,1-2H3. The van der Waals surface area contributed by atoms with Crippen LogP contribution in [-0.2, 0) is 9.47 Å². The summed E-state index contributed by atoms with van der Waals surface area (Å²) in [6, 6.07) is 0. The molecule has 0 spiro atoms. The Balaban J connectivity index is 3.56. The van der Waals surface area contributed by atoms with Crippen molar-refractivity contribution in [2.75, 3.05) is 26.6 Å². The van der Waals surface area contributed by atoms with Gasteiger partial charge in [0, 0.05) is 20.0 Å². The minimum absolute atomic E-state index is 0.0139. The Morgan fingerprint density at radius 1 is 1.40 bits per heavy atom. The van der Waals surface area contributed by atoms with E-state index < -0.39 is 0 Å². The molecule has 2 nitrogen and oxygen atoms in total. The van der Waals surface area contributed by atoms with Gasteiger partial charge >= 0.3 is 0 Å². The number of methoxy groups -OCH3 is 2. The van der Waals surface area contributed by atoms with Gasteiger partial charge in [0.2, 0.25) is 0 Å². The minimum atomic E-state index is -0.0301. The summed E-state index contributed by atoms with van der Waals surface area (Å²) in [6.45, 7) is 0.529. The van der Waals surface area contributed by atoms with E-state index in [2.05, 4.69) is 0 Å². The zero-order valence-electron chi connectivity index (χ0n) is 6.20. The quantitative estimate of drug-likeness (QED) is 0.637. The number of rotatable bonds is 5. The molecule has 0 bridgehead atoms. The third-order valence-electron chi connectivity index (χ3n) is 1.21. The van der Waals surface area contributed by atoms with Crippen LogP contribution in [-0.4, -0.2) is 37.9 Å². The number of hydrogen-bond acceptors (Lipinski definition) is 2. The highest BCUT2D eigenvalue weighted by molar-refractivity contribution is 7.84. The molecule has 0 aromatic rings. The topological polar surface area (TPSA) is 18.5 Å². The maximum Gasteiger partial charge on any atom is 0.0939 e. The SMILES string of the molecule is COCC(OC)C([S])C[S]. The monoisotopic (exact) mass is 180 g/mol. The summed E-state index contributed by atoms with van der Waals surface area (Å²) in [5, 5.41) is -0.0139. The van der Waals surface area contributed by atoms with Crippen molar-refractivity contribution in [2.24, 2.45) is 0 Å². The van der Waals surface area contributed by atoms with Crippen LogP contribution in [0.2, 0.25) is 0 Å². The van der Waals surface area contributed by atoms with Crippen molar-refractivity contribution < 1.29 is 9.47 Å². The Morgan fingerprint density at radius 3 is 2.30 bits per heavy atom. The van der Waals surface area contributed by atoms with Crippen LogP contribution in [0.1, 0.15) is 0 Å². The molecule has 2 atom stereocenters. The first-order valence-electron chi connectivity index (χ1n) is 3.02. The molecule has 2 unspecified atom stereocenters. The van der Waals surface area contributed by atoms with Crippen LogP contribution in [0.15, 0.2) is 0 Å². The molecule has 0 saturated heterocycles. The highest BCUT2D eigenvalue weighted by atomic mass is 32.1. The predicted octanol–water partition coefficient (Wildman–Crippen LogP) is 1.41. The van der Waals surface area contributed by atoms with Crippen molar-refractivity contribution in [1.29, 1.82) is 0 Å². The normalized spacial score (nSPS) is 16.8. The van der Waals surface area contributed by atoms with Crippen LogP contribution >= 0.6 is 25.3 Å². The Kier molecular flexibility index (Phi) is 6.73. The van der Waals surface area contributed by atoms with Gasteiger partial charge in [-0.25, -0.2) is 0 Å². The Morgan fingerprint density at radius 2 is 2.00 bits per heavy atom. The van der Waals surface area contributed by atoms with Gasteiger partial charge in [-0.3, -0.25) is 0 Å². The molecule has 0 fully saturated rings. The summed E-state index contributed by atoms with van der Waals surface area (Å²) in [4.78, 5) is 0. The van der Waals surface area contributed by atoms with Gasteiger partial charge in [-0.1, -0.05) is 25.3 Å². The molecule has 0 aliphatic rings. The van der Waals surface area contributed by atoms with E-state index >= 15 is 0 Å². The van der Waals surface area contributed by atoms with Crippen molar-refractivity contribution in [3.8, 4) is 0 Å². The lowest BCUT2D eigenvalue weighted by Gasteiger charge is -2.17. The average Bonchev–Trinajstić information content (AvgIpc) is 1.99. The summed E-state index contributed by atoms with van der Waals surface area (Å²) in [6.07, 6.45) is -0.0301. The molecule has 0 heterocycles. The summed E-state index contributed by atoms with van der Waals surface area (Å²) in [7, 11) is 3.24. The van der Waals surface area contributed by atoms with Crippen molar-refractivity contribution in [3.05, 3.63) is 0 Å². The van der Waals surface area contributed by atoms with Crippen LogP contribution in [0.3, 0.4) is 0 Å². The van der Waals surface area contributed by atoms with E-state index in [0.717, 1.165) is 0 Å². The number of hydrogen-bond donors (Lipinski definition) is 0. The second kappa shape index (κ2) is 6.34. The van der Waals surface area contributed by atoms with E-state index in [4.69, 9.17) is 34.7 Å². The van der Waals surface area contributed by atoms with E-state index in [9.17, 15) is 0 Å². The highest BCUT2D eigenvalue weighted by Crippen LogP contribution is 2.07. The maximum atomic E-state index is 5.05. The van der Waals surface area contributed by atoms with E-state index in [1.807, 2.05) is 0 Å². The third kappa shape index (κ3) is 3.71. The first kappa shape index (κ1) is 10.6. The summed E-state index contributed by atoms with van der Waals surface area (Å²) >= 11 is 9.81. The second-order valence-electron chi connectivity index (χ2n) is 1.93. The average molecular weight is 180 g/mol. The zero-order chi connectivity index (χ0) is 7.98. The molecule has 2 radical (unpaired) electrons. The fraction of sp³-hybridized carbons (Fsp3) is 1.00. The first-order valence-corrected chi connectivity index (χ1v) is 4.06. The molecule has 0 aromatic heterocycles. The lowest BCUT2D eigenvalue weighted by atomic mass is 10.3. The molecule has 0 saturated carbocycles. The molecule has 0 aliphatic carbocycles. The van der Waals surface area contributed by atoms with E-state index in [1.54, 1.807) is 14.2 Å². The van der Waals surface area contributed by atoms with Crippen LogP contribution in [0.4, 0.5) is 0 Å². The highest BCUT2D eigenvalue weighted by Gasteiger charge is 2.16. The Bertz CT molecular complexity index is 80.1. The Labute approximate surface area is 73.1 Å². The van der Waals surface area contributed by atoms with Crippen molar-refractivity contribution in [2.45, 2.75) is 11.4 Å². The Hall–Kier alpha value is 0.620. The largest absolute Gasteiger partial charge is 0.382 e. The molecule has 0 aromatic carbocycles. The fourth-order valence-electron chi connectivity index (χ4n) is 0.599. The van der Waals surface area contributed by atoms with Crippen LogP contribution < -0.4 is 0 Å². The van der Waals surface area contributed by atoms with Crippen LogP contribution in [0.25, 0.3) is 0 Å². The predicted molar refractivity (Wildman–Crippen MR) is 46.5 cm³/mol. The van der Waals surface area contributed by atoms with E-state index in [0.29, 0.717) is 12.4 Å². The molecule has 10 heavy (non-hydrogen) atoms. The van der Waals surface area contributed by atoms with Gasteiger partial charge in [-0.2, -0.15) is 0 Å². The zero-order valence-corrected chi connectivity index (χ0v) is 7.83. The van der Waals surface area contributed by atoms with Gasteiger partial charge in [0.25, 0.3) is 0 Å². The molecular formula is C6H12O2S2. The summed E-state index contributed by atoms with van der Waals surface area (Å²) in [5.41, 5.74) is 0. The molecule has 0 amide bonds. The van der Waals surface area contributed by atoms with Crippen LogP contribution in [0.5, 0.6) is 0 Å². The van der Waals surface area contributed by atoms with Crippen molar-refractivity contribution >= 4 is 25.3 Å². The third-order valence-corrected chi connectivity index (χ3v) is 2.25. The summed E-state index contributed by atoms with van der Waals surface area (Å²) in [5.74, 6) is 0.539. The maximum absolute atomic E-state index is 5.05. The molecule has 4 heteroatoms. The van der Waals surface area contributed by atoms with E-state index in [1.165, 1.54) is 0 Å². The van der Waals surface area contributed by atoms with E-state index in [-0.39, 0.29) is 11.4 Å². The summed E-state index contributed by atoms with van der Waals surface area (Å²) < 4.78 is 9.93. The van der Waals surface area contributed by atoms with Gasteiger partial charge < -0.3 is 9.47 Å². The molecule has 60 valence electrons. The first-order chi connectivity index (χ1) is 4.76. The molecule has 0 rings (SSSR count). The second-order valence-corrected chi connectivity index (χ2v) is 2.87. The molecule has 0 aliphatic heterocycles. The number of ether oxygens (including phenoxy) is 2. The lowest BCUT2D eigenvalue weighted by Crippen LogP contribution is -2.29. The lowest BCUT2D eigenvalue weighted by molar-refractivity contribution is 0.0309. The van der Waals surface area contributed by atoms with Crippen LogP contribution in [0, 0.1) is 0 Å². The van der Waals surface area contributed by atoms with Gasteiger partial charge in [-0.15, -0.1) is 0 Å². The van der Waals surface area contributed by atoms with Gasteiger partial charge in [-0.05, 0) is 0 Å².